The molecule has 0 rings (SSSR count). The minimum absolute atomic E-state index is 0.293. The van der Waals surface area contributed by atoms with E-state index >= 15 is 0 Å². The summed E-state index contributed by atoms with van der Waals surface area (Å²) in [6.45, 7) is 6.58. The minimum atomic E-state index is 0.293. The summed E-state index contributed by atoms with van der Waals surface area (Å²) in [5, 5.41) is 0. The van der Waals surface area contributed by atoms with E-state index in [1.165, 1.54) is 0 Å². The second-order valence-electron chi connectivity index (χ2n) is 3.51. The average molecular weight is 157 g/mol. The highest BCUT2D eigenvalue weighted by Gasteiger charge is 2.17. The number of nitrogens with two attached hydrogens (primary N) is 1. The fourth-order valence-electron chi connectivity index (χ4n) is 0.773. The SMILES string of the molecule is CCC(C)(C)CC(=NC)NN. The maximum atomic E-state index is 5.26. The van der Waals surface area contributed by atoms with Crippen molar-refractivity contribution in [1.82, 2.24) is 5.43 Å². The van der Waals surface area contributed by atoms with E-state index in [9.17, 15) is 0 Å². The number of rotatable bonds is 3. The molecule has 3 heteroatoms. The van der Waals surface area contributed by atoms with Gasteiger partial charge in [-0.05, 0) is 5.41 Å². The number of amidine groups is 1. The van der Waals surface area contributed by atoms with Crippen LogP contribution in [0, 0.1) is 5.41 Å². The molecule has 0 heterocycles. The van der Waals surface area contributed by atoms with Gasteiger partial charge in [0.25, 0.3) is 0 Å². The van der Waals surface area contributed by atoms with Crippen LogP contribution >= 0.6 is 0 Å². The lowest BCUT2D eigenvalue weighted by Gasteiger charge is -2.22. The lowest BCUT2D eigenvalue weighted by atomic mass is 9.86. The van der Waals surface area contributed by atoms with Crippen LogP contribution in [0.25, 0.3) is 0 Å². The summed E-state index contributed by atoms with van der Waals surface area (Å²) in [5.74, 6) is 6.14. The third-order valence-corrected chi connectivity index (χ3v) is 2.04. The molecule has 0 aliphatic heterocycles. The highest BCUT2D eigenvalue weighted by molar-refractivity contribution is 5.81. The van der Waals surface area contributed by atoms with Gasteiger partial charge in [-0.25, -0.2) is 5.84 Å². The van der Waals surface area contributed by atoms with Crippen LogP contribution in [0.15, 0.2) is 4.99 Å². The second kappa shape index (κ2) is 4.34. The Kier molecular flexibility index (Phi) is 4.11. The number of nitrogens with zero attached hydrogens (tertiary/aromatic N) is 1. The molecule has 0 aliphatic carbocycles. The van der Waals surface area contributed by atoms with E-state index < -0.39 is 0 Å². The maximum absolute atomic E-state index is 5.26. The van der Waals surface area contributed by atoms with E-state index in [2.05, 4.69) is 31.2 Å². The summed E-state index contributed by atoms with van der Waals surface area (Å²) >= 11 is 0. The lowest BCUT2D eigenvalue weighted by Crippen LogP contribution is -2.33. The van der Waals surface area contributed by atoms with Gasteiger partial charge in [-0.3, -0.25) is 4.99 Å². The quantitative estimate of drug-likeness (QED) is 0.281. The summed E-state index contributed by atoms with van der Waals surface area (Å²) in [7, 11) is 1.75. The van der Waals surface area contributed by atoms with Gasteiger partial charge in [0.1, 0.15) is 5.84 Å². The van der Waals surface area contributed by atoms with Crippen LogP contribution in [0.1, 0.15) is 33.6 Å². The van der Waals surface area contributed by atoms with E-state index in [4.69, 9.17) is 5.84 Å². The molecule has 0 saturated heterocycles. The number of nitrogens with one attached hydrogen (secondary N) is 1. The molecule has 0 unspecified atom stereocenters. The van der Waals surface area contributed by atoms with E-state index in [-0.39, 0.29) is 0 Å². The molecule has 0 radical (unpaired) electrons. The third kappa shape index (κ3) is 3.98. The third-order valence-electron chi connectivity index (χ3n) is 2.04. The molecule has 0 saturated carbocycles. The predicted octanol–water partition coefficient (Wildman–Crippen LogP) is 1.30. The van der Waals surface area contributed by atoms with Crippen molar-refractivity contribution in [2.24, 2.45) is 16.3 Å². The van der Waals surface area contributed by atoms with Crippen LogP contribution in [0.4, 0.5) is 0 Å². The van der Waals surface area contributed by atoms with E-state index in [1.54, 1.807) is 7.05 Å². The van der Waals surface area contributed by atoms with E-state index in [1.807, 2.05) is 0 Å². The number of aliphatic imine (C=N–C) groups is 1. The van der Waals surface area contributed by atoms with Crippen molar-refractivity contribution in [3.8, 4) is 0 Å². The van der Waals surface area contributed by atoms with Crippen LogP contribution in [0.3, 0.4) is 0 Å². The Hall–Kier alpha value is -0.570. The lowest BCUT2D eigenvalue weighted by molar-refractivity contribution is 0.364. The Balaban J connectivity index is 4.01. The molecule has 0 amide bonds. The molecule has 0 bridgehead atoms. The summed E-state index contributed by atoms with van der Waals surface area (Å²) in [4.78, 5) is 4.02. The Bertz CT molecular complexity index is 138. The normalized spacial score (nSPS) is 13.4. The molecular formula is C8H19N3. The largest absolute Gasteiger partial charge is 0.312 e. The topological polar surface area (TPSA) is 50.4 Å². The van der Waals surface area contributed by atoms with Crippen molar-refractivity contribution in [2.75, 3.05) is 7.05 Å². The van der Waals surface area contributed by atoms with Crippen molar-refractivity contribution >= 4 is 5.84 Å². The number of hydrogen-bond donors (Lipinski definition) is 2. The van der Waals surface area contributed by atoms with E-state index in [0.717, 1.165) is 18.7 Å². The van der Waals surface area contributed by atoms with E-state index in [0.29, 0.717) is 5.41 Å². The summed E-state index contributed by atoms with van der Waals surface area (Å²) in [6, 6.07) is 0. The zero-order valence-electron chi connectivity index (χ0n) is 7.94. The Morgan fingerprint density at radius 1 is 1.55 bits per heavy atom. The van der Waals surface area contributed by atoms with Crippen molar-refractivity contribution in [3.05, 3.63) is 0 Å². The highest BCUT2D eigenvalue weighted by Crippen LogP contribution is 2.23. The molecule has 3 nitrogen and oxygen atoms in total. The average Bonchev–Trinajstić information content (AvgIpc) is 2.00. The summed E-state index contributed by atoms with van der Waals surface area (Å²) < 4.78 is 0. The molecule has 0 atom stereocenters. The van der Waals surface area contributed by atoms with Crippen LogP contribution < -0.4 is 11.3 Å². The molecule has 0 fully saturated rings. The highest BCUT2D eigenvalue weighted by atomic mass is 15.2. The predicted molar refractivity (Wildman–Crippen MR) is 49.4 cm³/mol. The Morgan fingerprint density at radius 2 is 2.09 bits per heavy atom. The minimum Gasteiger partial charge on any atom is -0.312 e. The molecule has 0 aromatic carbocycles. The maximum Gasteiger partial charge on any atom is 0.110 e. The zero-order chi connectivity index (χ0) is 8.91. The fraction of sp³-hybridized carbons (Fsp3) is 0.875. The van der Waals surface area contributed by atoms with Crippen molar-refractivity contribution in [1.29, 1.82) is 0 Å². The monoisotopic (exact) mass is 157 g/mol. The first kappa shape index (κ1) is 10.4. The van der Waals surface area contributed by atoms with Crippen molar-refractivity contribution in [2.45, 2.75) is 33.6 Å². The van der Waals surface area contributed by atoms with Gasteiger partial charge in [0.15, 0.2) is 0 Å². The van der Waals surface area contributed by atoms with Gasteiger partial charge in [0.05, 0.1) is 0 Å². The van der Waals surface area contributed by atoms with Gasteiger partial charge in [0.2, 0.25) is 0 Å². The smallest absolute Gasteiger partial charge is 0.110 e. The molecular weight excluding hydrogens is 138 g/mol. The number of hydrazine groups is 1. The first-order valence-electron chi connectivity index (χ1n) is 3.98. The zero-order valence-corrected chi connectivity index (χ0v) is 7.94. The molecule has 11 heavy (non-hydrogen) atoms. The van der Waals surface area contributed by atoms with Crippen LogP contribution in [0.2, 0.25) is 0 Å². The Morgan fingerprint density at radius 3 is 2.36 bits per heavy atom. The molecule has 0 aliphatic rings. The van der Waals surface area contributed by atoms with Crippen molar-refractivity contribution < 1.29 is 0 Å². The van der Waals surface area contributed by atoms with Gasteiger partial charge in [-0.15, -0.1) is 0 Å². The Labute approximate surface area is 69.0 Å². The molecule has 0 aromatic rings. The molecule has 0 spiro atoms. The molecule has 3 N–H and O–H groups in total. The van der Waals surface area contributed by atoms with Gasteiger partial charge in [0, 0.05) is 13.5 Å². The second-order valence-corrected chi connectivity index (χ2v) is 3.51. The van der Waals surface area contributed by atoms with Gasteiger partial charge in [-0.1, -0.05) is 27.2 Å². The van der Waals surface area contributed by atoms with Crippen LogP contribution in [0.5, 0.6) is 0 Å². The first-order valence-corrected chi connectivity index (χ1v) is 3.98. The summed E-state index contributed by atoms with van der Waals surface area (Å²) in [5.41, 5.74) is 2.89. The summed E-state index contributed by atoms with van der Waals surface area (Å²) in [6.07, 6.45) is 2.05. The molecule has 66 valence electrons. The van der Waals surface area contributed by atoms with Gasteiger partial charge >= 0.3 is 0 Å². The number of hydrogen-bond acceptors (Lipinski definition) is 2. The van der Waals surface area contributed by atoms with Crippen molar-refractivity contribution in [3.63, 3.8) is 0 Å². The first-order chi connectivity index (χ1) is 5.05. The standard InChI is InChI=1S/C8H19N3/c1-5-8(2,3)6-7(10-4)11-9/h5-6,9H2,1-4H3,(H,10,11). The van der Waals surface area contributed by atoms with Crippen LogP contribution in [-0.4, -0.2) is 12.9 Å². The molecule has 0 aromatic heterocycles. The van der Waals surface area contributed by atoms with Gasteiger partial charge in [-0.2, -0.15) is 0 Å². The van der Waals surface area contributed by atoms with Gasteiger partial charge < -0.3 is 5.43 Å². The fourth-order valence-corrected chi connectivity index (χ4v) is 0.773. The van der Waals surface area contributed by atoms with Crippen LogP contribution in [-0.2, 0) is 0 Å².